The van der Waals surface area contributed by atoms with Crippen LogP contribution in [0.3, 0.4) is 0 Å². The Labute approximate surface area is 216 Å². The van der Waals surface area contributed by atoms with Gasteiger partial charge in [0.05, 0.1) is 29.9 Å². The summed E-state index contributed by atoms with van der Waals surface area (Å²) in [5.74, 6) is 1.31. The van der Waals surface area contributed by atoms with E-state index in [4.69, 9.17) is 14.8 Å². The Morgan fingerprint density at radius 2 is 1.86 bits per heavy atom. The molecule has 0 atom stereocenters. The summed E-state index contributed by atoms with van der Waals surface area (Å²) in [7, 11) is 0. The molecule has 0 amide bonds. The number of anilines is 2. The van der Waals surface area contributed by atoms with Gasteiger partial charge in [0.25, 0.3) is 0 Å². The topological polar surface area (TPSA) is 88.3 Å². The van der Waals surface area contributed by atoms with Crippen molar-refractivity contribution in [2.24, 2.45) is 5.41 Å². The molecule has 0 unspecified atom stereocenters. The highest BCUT2D eigenvalue weighted by molar-refractivity contribution is 8.00. The second-order valence-electron chi connectivity index (χ2n) is 10.3. The van der Waals surface area contributed by atoms with Gasteiger partial charge in [-0.1, -0.05) is 23.2 Å². The van der Waals surface area contributed by atoms with Crippen molar-refractivity contribution in [3.63, 3.8) is 0 Å². The monoisotopic (exact) mass is 506 g/mol. The van der Waals surface area contributed by atoms with Crippen LogP contribution in [0.25, 0.3) is 17.1 Å². The first-order valence-corrected chi connectivity index (χ1v) is 14.1. The van der Waals surface area contributed by atoms with E-state index in [1.165, 1.54) is 50.5 Å². The third kappa shape index (κ3) is 5.18. The predicted octanol–water partition coefficient (Wildman–Crippen LogP) is 5.08. The van der Waals surface area contributed by atoms with Crippen LogP contribution in [0.15, 0.2) is 42.6 Å². The van der Waals surface area contributed by atoms with E-state index < -0.39 is 0 Å². The average Bonchev–Trinajstić information content (AvgIpc) is 3.27. The van der Waals surface area contributed by atoms with Crippen LogP contribution >= 0.6 is 11.9 Å². The first-order chi connectivity index (χ1) is 17.7. The number of aliphatic hydroxyl groups excluding tert-OH is 1. The van der Waals surface area contributed by atoms with Gasteiger partial charge in [-0.05, 0) is 81.0 Å². The Morgan fingerprint density at radius 1 is 1.03 bits per heavy atom. The lowest BCUT2D eigenvalue weighted by atomic mass is 9.93. The number of aromatic nitrogens is 4. The molecule has 3 heterocycles. The van der Waals surface area contributed by atoms with Crippen LogP contribution in [0.2, 0.25) is 0 Å². The third-order valence-electron chi connectivity index (χ3n) is 7.80. The van der Waals surface area contributed by atoms with Crippen molar-refractivity contribution >= 4 is 23.3 Å². The summed E-state index contributed by atoms with van der Waals surface area (Å²) in [5, 5.41) is 18.1. The number of benzene rings is 1. The molecular formula is C27H34N6O2S. The van der Waals surface area contributed by atoms with Gasteiger partial charge in [-0.15, -0.1) is 5.10 Å². The lowest BCUT2D eigenvalue weighted by Crippen LogP contribution is -2.35. The second-order valence-corrected chi connectivity index (χ2v) is 11.2. The van der Waals surface area contributed by atoms with E-state index in [0.29, 0.717) is 17.0 Å². The zero-order valence-corrected chi connectivity index (χ0v) is 21.4. The number of piperidine rings is 1. The maximum atomic E-state index is 9.13. The van der Waals surface area contributed by atoms with Gasteiger partial charge < -0.3 is 19.5 Å². The molecule has 8 nitrogen and oxygen atoms in total. The van der Waals surface area contributed by atoms with E-state index in [9.17, 15) is 0 Å². The van der Waals surface area contributed by atoms with Crippen LogP contribution in [-0.2, 0) is 0 Å². The van der Waals surface area contributed by atoms with E-state index in [0.717, 1.165) is 54.4 Å². The Morgan fingerprint density at radius 3 is 2.64 bits per heavy atom. The maximum absolute atomic E-state index is 9.13. The highest BCUT2D eigenvalue weighted by Crippen LogP contribution is 2.54. The molecular weight excluding hydrogens is 472 g/mol. The molecule has 2 aliphatic carbocycles. The van der Waals surface area contributed by atoms with Gasteiger partial charge in [-0.2, -0.15) is 0 Å². The molecule has 2 aromatic heterocycles. The molecule has 1 spiro atoms. The number of nitrogens with zero attached hydrogens (tertiary/aromatic N) is 5. The van der Waals surface area contributed by atoms with Crippen LogP contribution in [0.1, 0.15) is 51.4 Å². The molecule has 0 radical (unpaired) electrons. The Balaban J connectivity index is 1.25. The molecule has 3 aromatic rings. The molecule has 1 saturated heterocycles. The van der Waals surface area contributed by atoms with E-state index in [1.807, 2.05) is 29.1 Å². The van der Waals surface area contributed by atoms with Gasteiger partial charge in [0.2, 0.25) is 5.88 Å². The lowest BCUT2D eigenvalue weighted by Gasteiger charge is -2.35. The number of pyridine rings is 1. The van der Waals surface area contributed by atoms with E-state index in [-0.39, 0.29) is 12.7 Å². The van der Waals surface area contributed by atoms with Crippen molar-refractivity contribution < 1.29 is 9.84 Å². The normalized spacial score (nSPS) is 19.1. The Bertz CT molecular complexity index is 1180. The van der Waals surface area contributed by atoms with Crippen LogP contribution in [0, 0.1) is 5.41 Å². The number of hydrogen-bond donors (Lipinski definition) is 2. The van der Waals surface area contributed by atoms with Crippen molar-refractivity contribution in [2.45, 2.75) is 57.5 Å². The van der Waals surface area contributed by atoms with Crippen molar-refractivity contribution in [3.8, 4) is 23.0 Å². The highest BCUT2D eigenvalue weighted by atomic mass is 32.2. The molecule has 9 heteroatoms. The van der Waals surface area contributed by atoms with Crippen molar-refractivity contribution in [3.05, 3.63) is 42.6 Å². The summed E-state index contributed by atoms with van der Waals surface area (Å²) in [6.07, 6.45) is 12.2. The molecule has 36 heavy (non-hydrogen) atoms. The van der Waals surface area contributed by atoms with E-state index in [1.54, 1.807) is 0 Å². The quantitative estimate of drug-likeness (QED) is 0.307. The van der Waals surface area contributed by atoms with Crippen molar-refractivity contribution in [2.75, 3.05) is 35.1 Å². The molecule has 190 valence electrons. The van der Waals surface area contributed by atoms with Crippen LogP contribution in [0.4, 0.5) is 11.4 Å². The summed E-state index contributed by atoms with van der Waals surface area (Å²) in [6.45, 7) is 2.27. The van der Waals surface area contributed by atoms with Crippen LogP contribution in [0.5, 0.6) is 5.88 Å². The van der Waals surface area contributed by atoms with Gasteiger partial charge in [0, 0.05) is 30.6 Å². The fourth-order valence-electron chi connectivity index (χ4n) is 5.41. The van der Waals surface area contributed by atoms with Crippen molar-refractivity contribution in [1.82, 2.24) is 20.0 Å². The molecule has 2 saturated carbocycles. The fraction of sp³-hybridized carbons (Fsp3) is 0.519. The minimum Gasteiger partial charge on any atom is -0.474 e. The maximum Gasteiger partial charge on any atom is 0.214 e. The van der Waals surface area contributed by atoms with Gasteiger partial charge in [0.1, 0.15) is 11.8 Å². The van der Waals surface area contributed by atoms with Crippen LogP contribution < -0.4 is 14.4 Å². The minimum absolute atomic E-state index is 0.152. The van der Waals surface area contributed by atoms with Crippen molar-refractivity contribution in [1.29, 1.82) is 0 Å². The molecule has 0 bridgehead atoms. The zero-order valence-electron chi connectivity index (χ0n) is 20.6. The molecule has 3 aliphatic rings. The average molecular weight is 507 g/mol. The SMILES string of the molecule is OCCSNc1ccc(-n2cc(-c3cccc(OC4CCCC4)n3)nn2)c(N2CCC3(CC2)CC3)c1. The number of ether oxygens (including phenoxy) is 1. The molecule has 6 rings (SSSR count). The lowest BCUT2D eigenvalue weighted by molar-refractivity contribution is 0.201. The number of aliphatic hydroxyl groups is 1. The van der Waals surface area contributed by atoms with Crippen LogP contribution in [-0.4, -0.2) is 56.6 Å². The first kappa shape index (κ1) is 23.6. The summed E-state index contributed by atoms with van der Waals surface area (Å²) in [4.78, 5) is 7.21. The molecule has 1 aromatic carbocycles. The van der Waals surface area contributed by atoms with Gasteiger partial charge >= 0.3 is 0 Å². The Hall–Kier alpha value is -2.78. The minimum atomic E-state index is 0.152. The molecule has 1 aliphatic heterocycles. The first-order valence-electron chi connectivity index (χ1n) is 13.2. The Kier molecular flexibility index (Phi) is 6.75. The summed E-state index contributed by atoms with van der Waals surface area (Å²) in [5.41, 5.74) is 5.30. The van der Waals surface area contributed by atoms with Gasteiger partial charge in [-0.3, -0.25) is 0 Å². The summed E-state index contributed by atoms with van der Waals surface area (Å²) < 4.78 is 11.3. The standard InChI is InChI=1S/C27H34N6O2S/c34-16-17-36-30-20-8-9-24(25(18-20)32-14-12-27(10-11-27)13-15-32)33-19-23(29-31-33)22-6-3-7-26(28-22)35-21-4-1-2-5-21/h3,6-9,18-19,21,30,34H,1-2,4-5,10-17H2. The number of nitrogens with one attached hydrogen (secondary N) is 1. The summed E-state index contributed by atoms with van der Waals surface area (Å²) >= 11 is 1.51. The number of hydrogen-bond acceptors (Lipinski definition) is 8. The fourth-order valence-corrected chi connectivity index (χ4v) is 5.90. The zero-order chi connectivity index (χ0) is 24.4. The van der Waals surface area contributed by atoms with E-state index in [2.05, 4.69) is 38.1 Å². The second kappa shape index (κ2) is 10.3. The van der Waals surface area contributed by atoms with E-state index >= 15 is 0 Å². The highest BCUT2D eigenvalue weighted by Gasteiger charge is 2.44. The smallest absolute Gasteiger partial charge is 0.214 e. The summed E-state index contributed by atoms with van der Waals surface area (Å²) in [6, 6.07) is 12.2. The number of rotatable bonds is 9. The molecule has 2 N–H and O–H groups in total. The largest absolute Gasteiger partial charge is 0.474 e. The van der Waals surface area contributed by atoms with Gasteiger partial charge in [0.15, 0.2) is 0 Å². The molecule has 3 fully saturated rings. The predicted molar refractivity (Wildman–Crippen MR) is 144 cm³/mol. The third-order valence-corrected chi connectivity index (χ3v) is 8.56. The van der Waals surface area contributed by atoms with Gasteiger partial charge in [-0.25, -0.2) is 9.67 Å².